The molecule has 13 heteroatoms. The molecule has 0 amide bonds. The Hall–Kier alpha value is -3.97. The number of nitrogens with zero attached hydrogens (tertiary/aromatic N) is 3. The standard InChI is InChI=1S/C22H27N3O10/c1-4-9-23-20(31)24(10-13(26)5-2)22(33)25(21(23)32)11-14(27)12-35-19(30)16-8-6-7-15(17(16)28)18(29)34-3/h4,6-8,13-14,26-28H,1,5,9-12H2,2-3H3. The first-order valence-corrected chi connectivity index (χ1v) is 10.6. The monoisotopic (exact) mass is 493 g/mol. The molecule has 0 aliphatic carbocycles. The van der Waals surface area contributed by atoms with Crippen LogP contribution in [0.25, 0.3) is 0 Å². The maximum Gasteiger partial charge on any atom is 0.342 e. The highest BCUT2D eigenvalue weighted by Gasteiger charge is 2.22. The van der Waals surface area contributed by atoms with Gasteiger partial charge in [-0.2, -0.15) is 0 Å². The molecule has 35 heavy (non-hydrogen) atoms. The summed E-state index contributed by atoms with van der Waals surface area (Å²) in [5.41, 5.74) is -3.65. The van der Waals surface area contributed by atoms with Gasteiger partial charge < -0.3 is 24.8 Å². The van der Waals surface area contributed by atoms with E-state index in [1.54, 1.807) is 6.92 Å². The normalized spacial score (nSPS) is 12.6. The SMILES string of the molecule is C=CCn1c(=O)n(CC(O)CC)c(=O)n(CC(O)COC(=O)c2cccc(C(=O)OC)c2O)c1=O. The first kappa shape index (κ1) is 27.3. The van der Waals surface area contributed by atoms with E-state index in [4.69, 9.17) is 4.74 Å². The number of allylic oxidation sites excluding steroid dienone is 1. The van der Waals surface area contributed by atoms with Crippen LogP contribution in [0, 0.1) is 0 Å². The van der Waals surface area contributed by atoms with E-state index in [-0.39, 0.29) is 30.6 Å². The van der Waals surface area contributed by atoms with Crippen LogP contribution in [0.4, 0.5) is 0 Å². The second-order valence-electron chi connectivity index (χ2n) is 7.48. The highest BCUT2D eigenvalue weighted by atomic mass is 16.5. The second-order valence-corrected chi connectivity index (χ2v) is 7.48. The van der Waals surface area contributed by atoms with Gasteiger partial charge in [0.1, 0.15) is 29.6 Å². The predicted molar refractivity (Wildman–Crippen MR) is 121 cm³/mol. The number of carbonyl (C=O) groups excluding carboxylic acids is 2. The van der Waals surface area contributed by atoms with Gasteiger partial charge in [0.15, 0.2) is 0 Å². The topological polar surface area (TPSA) is 179 Å². The highest BCUT2D eigenvalue weighted by molar-refractivity contribution is 5.99. The zero-order valence-corrected chi connectivity index (χ0v) is 19.2. The third-order valence-electron chi connectivity index (χ3n) is 5.02. The Balaban J connectivity index is 2.28. The lowest BCUT2D eigenvalue weighted by atomic mass is 10.1. The maximum absolute atomic E-state index is 12.8. The fourth-order valence-corrected chi connectivity index (χ4v) is 3.12. The Labute approximate surface area is 198 Å². The van der Waals surface area contributed by atoms with Crippen molar-refractivity contribution in [1.29, 1.82) is 0 Å². The molecule has 2 rings (SSSR count). The van der Waals surface area contributed by atoms with Crippen LogP contribution in [-0.4, -0.2) is 66.9 Å². The van der Waals surface area contributed by atoms with Crippen molar-refractivity contribution in [3.05, 3.63) is 73.4 Å². The number of rotatable bonds is 11. The number of esters is 2. The van der Waals surface area contributed by atoms with Crippen LogP contribution in [0.5, 0.6) is 5.75 Å². The molecule has 13 nitrogen and oxygen atoms in total. The van der Waals surface area contributed by atoms with E-state index in [0.29, 0.717) is 13.7 Å². The molecule has 0 fully saturated rings. The predicted octanol–water partition coefficient (Wildman–Crippen LogP) is -1.16. The van der Waals surface area contributed by atoms with Crippen LogP contribution in [0.1, 0.15) is 34.1 Å². The summed E-state index contributed by atoms with van der Waals surface area (Å²) in [5, 5.41) is 30.4. The first-order chi connectivity index (χ1) is 16.6. The van der Waals surface area contributed by atoms with Crippen LogP contribution in [0.15, 0.2) is 45.2 Å². The number of phenolic OH excluding ortho intramolecular Hbond substituents is 1. The fourth-order valence-electron chi connectivity index (χ4n) is 3.12. The molecule has 0 aliphatic heterocycles. The van der Waals surface area contributed by atoms with Crippen LogP contribution in [0.3, 0.4) is 0 Å². The van der Waals surface area contributed by atoms with E-state index >= 15 is 0 Å². The van der Waals surface area contributed by atoms with Crippen LogP contribution >= 0.6 is 0 Å². The van der Waals surface area contributed by atoms with E-state index in [9.17, 15) is 39.3 Å². The van der Waals surface area contributed by atoms with Gasteiger partial charge in [0.2, 0.25) is 0 Å². The van der Waals surface area contributed by atoms with E-state index in [1.807, 2.05) is 0 Å². The average molecular weight is 493 g/mol. The molecule has 0 radical (unpaired) electrons. The number of phenols is 1. The Morgan fingerprint density at radius 3 is 2.00 bits per heavy atom. The summed E-state index contributed by atoms with van der Waals surface area (Å²) < 4.78 is 11.4. The van der Waals surface area contributed by atoms with Gasteiger partial charge in [0, 0.05) is 0 Å². The van der Waals surface area contributed by atoms with Crippen molar-refractivity contribution in [2.75, 3.05) is 13.7 Å². The summed E-state index contributed by atoms with van der Waals surface area (Å²) in [6, 6.07) is 3.73. The summed E-state index contributed by atoms with van der Waals surface area (Å²) >= 11 is 0. The third-order valence-corrected chi connectivity index (χ3v) is 5.02. The zero-order chi connectivity index (χ0) is 26.3. The number of aliphatic hydroxyl groups excluding tert-OH is 2. The van der Waals surface area contributed by atoms with Crippen LogP contribution in [0.2, 0.25) is 0 Å². The second kappa shape index (κ2) is 11.9. The Bertz CT molecular complexity index is 1270. The van der Waals surface area contributed by atoms with E-state index < -0.39 is 60.1 Å². The number of benzene rings is 1. The van der Waals surface area contributed by atoms with Crippen molar-refractivity contribution in [2.45, 2.75) is 45.2 Å². The molecule has 1 aromatic carbocycles. The van der Waals surface area contributed by atoms with Gasteiger partial charge in [-0.1, -0.05) is 19.1 Å². The summed E-state index contributed by atoms with van der Waals surface area (Å²) in [5.74, 6) is -2.64. The minimum absolute atomic E-state index is 0.221. The van der Waals surface area contributed by atoms with Crippen molar-refractivity contribution >= 4 is 11.9 Å². The van der Waals surface area contributed by atoms with E-state index in [1.165, 1.54) is 24.3 Å². The molecule has 0 spiro atoms. The molecule has 190 valence electrons. The number of methoxy groups -OCH3 is 1. The summed E-state index contributed by atoms with van der Waals surface area (Å²) in [7, 11) is 1.10. The summed E-state index contributed by atoms with van der Waals surface area (Å²) in [6.45, 7) is 3.19. The molecule has 2 aromatic rings. The first-order valence-electron chi connectivity index (χ1n) is 10.6. The largest absolute Gasteiger partial charge is 0.506 e. The van der Waals surface area contributed by atoms with Gasteiger partial charge in [0.05, 0.1) is 32.8 Å². The van der Waals surface area contributed by atoms with E-state index in [0.717, 1.165) is 7.11 Å². The number of hydrogen-bond acceptors (Lipinski definition) is 10. The minimum atomic E-state index is -1.56. The molecule has 2 unspecified atom stereocenters. The summed E-state index contributed by atoms with van der Waals surface area (Å²) in [6.07, 6.45) is -1.07. The average Bonchev–Trinajstić information content (AvgIpc) is 2.85. The maximum atomic E-state index is 12.8. The van der Waals surface area contributed by atoms with Gasteiger partial charge in [-0.25, -0.2) is 37.7 Å². The lowest BCUT2D eigenvalue weighted by molar-refractivity contribution is 0.0204. The van der Waals surface area contributed by atoms with Crippen LogP contribution in [-0.2, 0) is 29.1 Å². The Morgan fingerprint density at radius 2 is 1.49 bits per heavy atom. The zero-order valence-electron chi connectivity index (χ0n) is 19.2. The molecule has 1 heterocycles. The quantitative estimate of drug-likeness (QED) is 0.255. The van der Waals surface area contributed by atoms with Crippen LogP contribution < -0.4 is 17.1 Å². The van der Waals surface area contributed by atoms with Gasteiger partial charge in [-0.3, -0.25) is 0 Å². The molecule has 1 aromatic heterocycles. The van der Waals surface area contributed by atoms with Crippen molar-refractivity contribution in [2.24, 2.45) is 0 Å². The number of aliphatic hydroxyl groups is 2. The number of aromatic nitrogens is 3. The van der Waals surface area contributed by atoms with Gasteiger partial charge in [0.25, 0.3) is 0 Å². The van der Waals surface area contributed by atoms with Crippen molar-refractivity contribution in [1.82, 2.24) is 13.7 Å². The molecule has 2 atom stereocenters. The number of para-hydroxylation sites is 1. The molecular formula is C22H27N3O10. The van der Waals surface area contributed by atoms with Gasteiger partial charge in [-0.05, 0) is 18.6 Å². The Morgan fingerprint density at radius 1 is 0.971 bits per heavy atom. The smallest absolute Gasteiger partial charge is 0.342 e. The minimum Gasteiger partial charge on any atom is -0.506 e. The molecule has 3 N–H and O–H groups in total. The third kappa shape index (κ3) is 6.13. The molecule has 0 bridgehead atoms. The molecular weight excluding hydrogens is 466 g/mol. The Kier molecular flexibility index (Phi) is 9.31. The lowest BCUT2D eigenvalue weighted by Gasteiger charge is -2.17. The molecule has 0 saturated carbocycles. The summed E-state index contributed by atoms with van der Waals surface area (Å²) in [4.78, 5) is 62.0. The molecule has 0 saturated heterocycles. The highest BCUT2D eigenvalue weighted by Crippen LogP contribution is 2.24. The molecule has 0 aliphatic rings. The van der Waals surface area contributed by atoms with Gasteiger partial charge >= 0.3 is 29.0 Å². The van der Waals surface area contributed by atoms with E-state index in [2.05, 4.69) is 11.3 Å². The van der Waals surface area contributed by atoms with Gasteiger partial charge in [-0.15, -0.1) is 6.58 Å². The number of aromatic hydroxyl groups is 1. The number of ether oxygens (including phenoxy) is 2. The van der Waals surface area contributed by atoms with Crippen molar-refractivity contribution in [3.63, 3.8) is 0 Å². The lowest BCUT2D eigenvalue weighted by Crippen LogP contribution is -2.56. The van der Waals surface area contributed by atoms with Crippen molar-refractivity contribution in [3.8, 4) is 5.75 Å². The number of carbonyl (C=O) groups is 2. The van der Waals surface area contributed by atoms with Crippen molar-refractivity contribution < 1.29 is 34.4 Å². The fraction of sp³-hybridized carbons (Fsp3) is 0.409. The number of hydrogen-bond donors (Lipinski definition) is 3.